The van der Waals surface area contributed by atoms with Gasteiger partial charge in [0.15, 0.2) is 11.5 Å². The van der Waals surface area contributed by atoms with Crippen LogP contribution in [0.2, 0.25) is 5.02 Å². The zero-order chi connectivity index (χ0) is 18.4. The molecule has 5 nitrogen and oxygen atoms in total. The predicted octanol–water partition coefficient (Wildman–Crippen LogP) is 3.39. The fourth-order valence-corrected chi connectivity index (χ4v) is 2.23. The van der Waals surface area contributed by atoms with Gasteiger partial charge in [-0.05, 0) is 49.7 Å². The maximum Gasteiger partial charge on any atom is 0.251 e. The summed E-state index contributed by atoms with van der Waals surface area (Å²) in [6.07, 6.45) is 0. The molecule has 0 atom stereocenters. The fourth-order valence-electron chi connectivity index (χ4n) is 2.10. The highest BCUT2D eigenvalue weighted by atomic mass is 35.5. The molecule has 2 aromatic rings. The molecular formula is C19H23ClN2O3. The summed E-state index contributed by atoms with van der Waals surface area (Å²) in [5.74, 6) is 0.845. The summed E-state index contributed by atoms with van der Waals surface area (Å²) in [6.45, 7) is 4.45. The van der Waals surface area contributed by atoms with Gasteiger partial charge in [0.2, 0.25) is 0 Å². The number of nitrogens with two attached hydrogens (primary N) is 1. The Bertz CT molecular complexity index is 730. The first-order valence-electron chi connectivity index (χ1n) is 7.92. The highest BCUT2D eigenvalue weighted by molar-refractivity contribution is 6.30. The van der Waals surface area contributed by atoms with Gasteiger partial charge >= 0.3 is 0 Å². The standard InChI is InChI=1S/C19H23ClN2O3/c1-19(2,12-21)22-18(23)14-6-9-16(17(10-14)24-3)25-11-13-4-7-15(20)8-5-13/h4-10H,11-12,21H2,1-3H3,(H,22,23). The molecule has 6 heteroatoms. The van der Waals surface area contributed by atoms with Crippen molar-refractivity contribution in [2.75, 3.05) is 13.7 Å². The van der Waals surface area contributed by atoms with Crippen LogP contribution in [0.25, 0.3) is 0 Å². The first-order valence-corrected chi connectivity index (χ1v) is 8.30. The summed E-state index contributed by atoms with van der Waals surface area (Å²) in [6, 6.07) is 12.5. The number of amides is 1. The molecule has 0 radical (unpaired) electrons. The number of hydrogen-bond acceptors (Lipinski definition) is 4. The van der Waals surface area contributed by atoms with Gasteiger partial charge in [-0.25, -0.2) is 0 Å². The van der Waals surface area contributed by atoms with Gasteiger partial charge in [0.25, 0.3) is 5.91 Å². The average molecular weight is 363 g/mol. The maximum absolute atomic E-state index is 12.3. The fraction of sp³-hybridized carbons (Fsp3) is 0.316. The summed E-state index contributed by atoms with van der Waals surface area (Å²) in [7, 11) is 1.54. The van der Waals surface area contributed by atoms with Crippen LogP contribution in [0.15, 0.2) is 42.5 Å². The molecule has 0 heterocycles. The summed E-state index contributed by atoms with van der Waals surface area (Å²) in [4.78, 5) is 12.3. The van der Waals surface area contributed by atoms with Crippen molar-refractivity contribution in [1.82, 2.24) is 5.32 Å². The Morgan fingerprint density at radius 1 is 1.16 bits per heavy atom. The molecule has 0 aromatic heterocycles. The molecule has 0 saturated heterocycles. The van der Waals surface area contributed by atoms with E-state index in [9.17, 15) is 4.79 Å². The number of methoxy groups -OCH3 is 1. The third-order valence-corrected chi connectivity index (χ3v) is 3.95. The summed E-state index contributed by atoms with van der Waals surface area (Å²) >= 11 is 5.87. The zero-order valence-corrected chi connectivity index (χ0v) is 15.4. The molecule has 0 saturated carbocycles. The minimum Gasteiger partial charge on any atom is -0.493 e. The first kappa shape index (κ1) is 19.1. The van der Waals surface area contributed by atoms with Crippen LogP contribution < -0.4 is 20.5 Å². The lowest BCUT2D eigenvalue weighted by Gasteiger charge is -2.24. The normalized spacial score (nSPS) is 11.1. The lowest BCUT2D eigenvalue weighted by atomic mass is 10.1. The number of carbonyl (C=O) groups is 1. The minimum absolute atomic E-state index is 0.210. The number of benzene rings is 2. The van der Waals surface area contributed by atoms with Crippen molar-refractivity contribution in [3.8, 4) is 11.5 Å². The Kier molecular flexibility index (Phi) is 6.28. The third-order valence-electron chi connectivity index (χ3n) is 3.70. The Balaban J connectivity index is 2.10. The van der Waals surface area contributed by atoms with Gasteiger partial charge in [-0.1, -0.05) is 23.7 Å². The van der Waals surface area contributed by atoms with Crippen LogP contribution in [0.4, 0.5) is 0 Å². The van der Waals surface area contributed by atoms with E-state index in [-0.39, 0.29) is 5.91 Å². The molecule has 3 N–H and O–H groups in total. The molecule has 0 aliphatic carbocycles. The highest BCUT2D eigenvalue weighted by Crippen LogP contribution is 2.29. The van der Waals surface area contributed by atoms with E-state index in [1.54, 1.807) is 18.2 Å². The quantitative estimate of drug-likeness (QED) is 0.791. The second-order valence-corrected chi connectivity index (χ2v) is 6.76. The van der Waals surface area contributed by atoms with E-state index in [0.29, 0.717) is 35.2 Å². The number of ether oxygens (including phenoxy) is 2. The SMILES string of the molecule is COc1cc(C(=O)NC(C)(C)CN)ccc1OCc1ccc(Cl)cc1. The van der Waals surface area contributed by atoms with Crippen molar-refractivity contribution in [1.29, 1.82) is 0 Å². The van der Waals surface area contributed by atoms with Crippen LogP contribution in [0.3, 0.4) is 0 Å². The second kappa shape index (κ2) is 8.23. The summed E-state index contributed by atoms with van der Waals surface area (Å²) in [5, 5.41) is 3.56. The highest BCUT2D eigenvalue weighted by Gasteiger charge is 2.20. The van der Waals surface area contributed by atoms with Crippen molar-refractivity contribution in [3.63, 3.8) is 0 Å². The van der Waals surface area contributed by atoms with E-state index in [1.165, 1.54) is 7.11 Å². The Labute approximate surface area is 153 Å². The van der Waals surface area contributed by atoms with Crippen LogP contribution >= 0.6 is 11.6 Å². The van der Waals surface area contributed by atoms with Crippen molar-refractivity contribution >= 4 is 17.5 Å². The molecule has 0 aliphatic heterocycles. The molecule has 25 heavy (non-hydrogen) atoms. The minimum atomic E-state index is -0.478. The first-order chi connectivity index (χ1) is 11.8. The molecule has 2 rings (SSSR count). The lowest BCUT2D eigenvalue weighted by Crippen LogP contribution is -2.48. The van der Waals surface area contributed by atoms with Gasteiger partial charge in [-0.15, -0.1) is 0 Å². The van der Waals surface area contributed by atoms with Crippen LogP contribution in [-0.4, -0.2) is 25.1 Å². The van der Waals surface area contributed by atoms with Crippen LogP contribution in [-0.2, 0) is 6.61 Å². The lowest BCUT2D eigenvalue weighted by molar-refractivity contribution is 0.0915. The van der Waals surface area contributed by atoms with Crippen LogP contribution in [0, 0.1) is 0 Å². The Hall–Kier alpha value is -2.24. The third kappa shape index (κ3) is 5.37. The van der Waals surface area contributed by atoms with E-state index >= 15 is 0 Å². The monoisotopic (exact) mass is 362 g/mol. The molecular weight excluding hydrogens is 340 g/mol. The van der Waals surface area contributed by atoms with E-state index in [1.807, 2.05) is 38.1 Å². The van der Waals surface area contributed by atoms with Gasteiger partial charge in [0.05, 0.1) is 7.11 Å². The molecule has 2 aromatic carbocycles. The number of rotatable bonds is 7. The van der Waals surface area contributed by atoms with Crippen LogP contribution in [0.1, 0.15) is 29.8 Å². The van der Waals surface area contributed by atoms with Crippen molar-refractivity contribution in [2.45, 2.75) is 26.0 Å². The summed E-state index contributed by atoms with van der Waals surface area (Å²) in [5.41, 5.74) is 6.64. The number of hydrogen-bond donors (Lipinski definition) is 2. The maximum atomic E-state index is 12.3. The van der Waals surface area contributed by atoms with Gasteiger partial charge < -0.3 is 20.5 Å². The average Bonchev–Trinajstić information content (AvgIpc) is 2.60. The number of carbonyl (C=O) groups excluding carboxylic acids is 1. The predicted molar refractivity (Wildman–Crippen MR) is 99.4 cm³/mol. The smallest absolute Gasteiger partial charge is 0.251 e. The zero-order valence-electron chi connectivity index (χ0n) is 14.6. The van der Waals surface area contributed by atoms with E-state index in [4.69, 9.17) is 26.8 Å². The molecule has 1 amide bonds. The van der Waals surface area contributed by atoms with Gasteiger partial charge in [0, 0.05) is 22.7 Å². The topological polar surface area (TPSA) is 73.6 Å². The van der Waals surface area contributed by atoms with Crippen molar-refractivity contribution in [3.05, 3.63) is 58.6 Å². The van der Waals surface area contributed by atoms with Crippen LogP contribution in [0.5, 0.6) is 11.5 Å². The molecule has 0 spiro atoms. The van der Waals surface area contributed by atoms with Gasteiger partial charge in [0.1, 0.15) is 6.61 Å². The molecule has 0 bridgehead atoms. The Morgan fingerprint density at radius 2 is 1.84 bits per heavy atom. The van der Waals surface area contributed by atoms with E-state index in [2.05, 4.69) is 5.32 Å². The largest absolute Gasteiger partial charge is 0.493 e. The van der Waals surface area contributed by atoms with Crippen molar-refractivity contribution < 1.29 is 14.3 Å². The molecule has 0 unspecified atom stereocenters. The molecule has 134 valence electrons. The summed E-state index contributed by atoms with van der Waals surface area (Å²) < 4.78 is 11.1. The van der Waals surface area contributed by atoms with Gasteiger partial charge in [-0.3, -0.25) is 4.79 Å². The molecule has 0 aliphatic rings. The Morgan fingerprint density at radius 3 is 2.44 bits per heavy atom. The number of nitrogens with one attached hydrogen (secondary N) is 1. The van der Waals surface area contributed by atoms with E-state index in [0.717, 1.165) is 5.56 Å². The second-order valence-electron chi connectivity index (χ2n) is 6.32. The molecule has 0 fully saturated rings. The van der Waals surface area contributed by atoms with Gasteiger partial charge in [-0.2, -0.15) is 0 Å². The number of halogens is 1. The van der Waals surface area contributed by atoms with E-state index < -0.39 is 5.54 Å². The van der Waals surface area contributed by atoms with Crippen molar-refractivity contribution in [2.24, 2.45) is 5.73 Å².